The number of phenolic OH excluding ortho intramolecular Hbond substituents is 1. The van der Waals surface area contributed by atoms with Gasteiger partial charge in [0.25, 0.3) is 0 Å². The number of aromatic nitrogens is 1. The van der Waals surface area contributed by atoms with Gasteiger partial charge in [-0.05, 0) is 68.9 Å². The molecule has 0 radical (unpaired) electrons. The fourth-order valence-corrected chi connectivity index (χ4v) is 8.77. The van der Waals surface area contributed by atoms with Gasteiger partial charge in [-0.25, -0.2) is 4.79 Å². The van der Waals surface area contributed by atoms with E-state index >= 15 is 0 Å². The number of benzene rings is 2. The highest BCUT2D eigenvalue weighted by Gasteiger charge is 2.41. The third-order valence-corrected chi connectivity index (χ3v) is 13.5. The summed E-state index contributed by atoms with van der Waals surface area (Å²) in [6.45, 7) is 0.219. The van der Waals surface area contributed by atoms with Crippen molar-refractivity contribution in [3.63, 3.8) is 0 Å². The van der Waals surface area contributed by atoms with E-state index < -0.39 is 170 Å². The van der Waals surface area contributed by atoms with E-state index in [-0.39, 0.29) is 50.2 Å². The monoisotopic (exact) mass is 1170 g/mol. The van der Waals surface area contributed by atoms with Crippen LogP contribution in [-0.2, 0) is 70.4 Å². The third-order valence-electron chi connectivity index (χ3n) is 13.1. The van der Waals surface area contributed by atoms with Crippen LogP contribution in [0.15, 0.2) is 54.7 Å². The van der Waals surface area contributed by atoms with E-state index in [2.05, 4.69) is 60.1 Å². The fraction of sp³-hybridized carbons (Fsp3) is 0.490. The average Bonchev–Trinajstić information content (AvgIpc) is 4.12. The zero-order valence-electron chi connectivity index (χ0n) is 44.8. The number of carboxylic acids is 1. The summed E-state index contributed by atoms with van der Waals surface area (Å²) in [5, 5.41) is 70.1. The number of aromatic amines is 1. The van der Waals surface area contributed by atoms with Crippen LogP contribution < -0.4 is 59.7 Å². The van der Waals surface area contributed by atoms with Crippen molar-refractivity contribution in [3.8, 4) is 5.75 Å². The molecule has 1 aliphatic rings. The number of aliphatic carboxylic acids is 1. The van der Waals surface area contributed by atoms with Gasteiger partial charge in [-0.2, -0.15) is 12.6 Å². The van der Waals surface area contributed by atoms with Gasteiger partial charge < -0.3 is 95.2 Å². The van der Waals surface area contributed by atoms with Crippen molar-refractivity contribution in [1.82, 2.24) is 52.4 Å². The largest absolute Gasteiger partial charge is 0.508 e. The first-order valence-electron chi connectivity index (χ1n) is 25.9. The van der Waals surface area contributed by atoms with E-state index in [0.29, 0.717) is 22.0 Å². The highest BCUT2D eigenvalue weighted by atomic mass is 32.1. The topological polar surface area (TPSA) is 499 Å². The van der Waals surface area contributed by atoms with Crippen molar-refractivity contribution in [3.05, 3.63) is 65.9 Å². The predicted octanol–water partition coefficient (Wildman–Crippen LogP) is -6.21. The Morgan fingerprint density at radius 2 is 1.23 bits per heavy atom. The minimum atomic E-state index is -1.85. The van der Waals surface area contributed by atoms with Gasteiger partial charge in [0.15, 0.2) is 6.04 Å². The molecule has 0 spiro atoms. The minimum Gasteiger partial charge on any atom is -0.508 e. The highest BCUT2D eigenvalue weighted by Crippen LogP contribution is 2.22. The number of hydrogen-bond donors (Lipinski definition) is 18. The molecular formula is C51H71N13O17S. The van der Waals surface area contributed by atoms with Crippen molar-refractivity contribution >= 4 is 94.5 Å². The third kappa shape index (κ3) is 19.7. The lowest BCUT2D eigenvalue weighted by molar-refractivity contribution is -0.146. The Hall–Kier alpha value is -8.39. The molecule has 11 atom stereocenters. The number of amides is 11. The van der Waals surface area contributed by atoms with Gasteiger partial charge in [0, 0.05) is 55.1 Å². The predicted molar refractivity (Wildman–Crippen MR) is 292 cm³/mol. The number of aliphatic hydroxyl groups excluding tert-OH is 3. The minimum absolute atomic E-state index is 0.0503. The smallest absolute Gasteiger partial charge is 0.328 e. The molecule has 1 saturated heterocycles. The van der Waals surface area contributed by atoms with Gasteiger partial charge in [0.2, 0.25) is 65.0 Å². The lowest BCUT2D eigenvalue weighted by Crippen LogP contribution is -2.61. The number of thiol groups is 1. The first-order valence-corrected chi connectivity index (χ1v) is 26.5. The molecule has 11 amide bonds. The number of aliphatic hydroxyl groups is 3. The molecule has 2 aromatic carbocycles. The van der Waals surface area contributed by atoms with Gasteiger partial charge in [-0.1, -0.05) is 30.3 Å². The Labute approximate surface area is 474 Å². The summed E-state index contributed by atoms with van der Waals surface area (Å²) in [7, 11) is 0. The molecular weight excluding hydrogens is 1100 g/mol. The summed E-state index contributed by atoms with van der Waals surface area (Å²) in [4.78, 5) is 162. The van der Waals surface area contributed by atoms with E-state index in [1.54, 1.807) is 30.5 Å². The SMILES string of the molecule is C[C@@H](O)[C@H](NC(=O)[C@H](Cc1c[nH]c2ccccc12)NC(=O)[C@@H]1CCCN1C(=O)[C@H](CO)NC(=O)[C@@H](NC(=O)CNC(=O)[C@H](Cc1ccc(O)cc1)NC(=O)[C@H](CCC(N)=O)NC(=O)[C@H](CCC(N)=O)NC(=O)[C@@H](N)CS)[C@@H](C)O)C(=O)O. The number of para-hydroxylation sites is 1. The van der Waals surface area contributed by atoms with E-state index in [4.69, 9.17) is 17.2 Å². The second-order valence-electron chi connectivity index (χ2n) is 19.5. The van der Waals surface area contributed by atoms with Crippen LogP contribution in [0.5, 0.6) is 5.75 Å². The van der Waals surface area contributed by atoms with Crippen molar-refractivity contribution < 1.29 is 83.1 Å². The fourth-order valence-electron chi connectivity index (χ4n) is 8.60. The Morgan fingerprint density at radius 1 is 0.683 bits per heavy atom. The van der Waals surface area contributed by atoms with Crippen molar-refractivity contribution in [2.24, 2.45) is 17.2 Å². The number of nitrogens with zero attached hydrogens (tertiary/aromatic N) is 1. The average molecular weight is 1170 g/mol. The summed E-state index contributed by atoms with van der Waals surface area (Å²) in [6, 6.07) is -1.56. The number of primary amides is 2. The number of fused-ring (bicyclic) bond motifs is 1. The summed E-state index contributed by atoms with van der Waals surface area (Å²) < 4.78 is 0. The summed E-state index contributed by atoms with van der Waals surface area (Å²) in [6.07, 6.45) is -3.45. The lowest BCUT2D eigenvalue weighted by Gasteiger charge is -2.30. The first kappa shape index (κ1) is 66.1. The van der Waals surface area contributed by atoms with E-state index in [1.165, 1.54) is 24.3 Å². The van der Waals surface area contributed by atoms with Crippen molar-refractivity contribution in [2.75, 3.05) is 25.4 Å². The van der Waals surface area contributed by atoms with Crippen LogP contribution in [0.25, 0.3) is 10.9 Å². The Kier molecular flexibility index (Phi) is 25.5. The molecule has 20 N–H and O–H groups in total. The van der Waals surface area contributed by atoms with Crippen LogP contribution in [0.1, 0.15) is 63.5 Å². The van der Waals surface area contributed by atoms with Gasteiger partial charge in [-0.15, -0.1) is 0 Å². The number of carboxylic acid groups (broad SMARTS) is 1. The number of carbonyl (C=O) groups is 12. The summed E-state index contributed by atoms with van der Waals surface area (Å²) >= 11 is 3.96. The zero-order valence-corrected chi connectivity index (χ0v) is 45.7. The molecule has 0 aliphatic carbocycles. The van der Waals surface area contributed by atoms with E-state index in [0.717, 1.165) is 18.7 Å². The van der Waals surface area contributed by atoms with Crippen molar-refractivity contribution in [2.45, 2.75) is 132 Å². The highest BCUT2D eigenvalue weighted by molar-refractivity contribution is 7.80. The van der Waals surface area contributed by atoms with Gasteiger partial charge in [0.05, 0.1) is 31.4 Å². The van der Waals surface area contributed by atoms with Crippen LogP contribution >= 0.6 is 12.6 Å². The summed E-state index contributed by atoms with van der Waals surface area (Å²) in [5.41, 5.74) is 17.9. The number of likely N-dealkylation sites (tertiary alicyclic amines) is 1. The maximum absolute atomic E-state index is 14.0. The molecule has 448 valence electrons. The molecule has 82 heavy (non-hydrogen) atoms. The molecule has 3 aromatic rings. The number of H-pyrrole nitrogens is 1. The number of carbonyl (C=O) groups excluding carboxylic acids is 11. The summed E-state index contributed by atoms with van der Waals surface area (Å²) in [5.74, 6) is -12.6. The maximum atomic E-state index is 14.0. The molecule has 1 fully saturated rings. The molecule has 1 aliphatic heterocycles. The zero-order chi connectivity index (χ0) is 61.0. The number of hydrogen-bond acceptors (Lipinski definition) is 18. The van der Waals surface area contributed by atoms with Gasteiger partial charge in [0.1, 0.15) is 48.0 Å². The first-order chi connectivity index (χ1) is 38.7. The standard InChI is InChI=1S/C51H71N13O17S/c1-24(66)41(49(78)61-36(22-65)50(79)64-17-5-8-37(64)48(77)60-35(47(76)63-42(25(2)67)51(80)81)19-27-20-55-31-7-4-3-6-29(27)31)62-40(71)21-56-44(73)34(18-26-9-11-28(68)12-10-26)59-46(75)33(14-16-39(54)70)58-45(74)32(13-15-38(53)69)57-43(72)30(52)23-82/h3-4,6-7,9-12,20,24-25,30,32-37,41-42,55,65-68,82H,5,8,13-19,21-23,52H2,1-2H3,(H2,53,69)(H2,54,70)(H,56,73)(H,57,72)(H,58,74)(H,59,75)(H,60,77)(H,61,78)(H,62,71)(H,63,76)(H,80,81)/t24-,25-,30+,32+,33+,34+,35+,36+,37+,41+,42+/m1/s1. The number of nitrogens with two attached hydrogens (primary N) is 3. The molecule has 4 rings (SSSR count). The second-order valence-corrected chi connectivity index (χ2v) is 19.8. The van der Waals surface area contributed by atoms with E-state index in [9.17, 15) is 83.1 Å². The maximum Gasteiger partial charge on any atom is 0.328 e. The van der Waals surface area contributed by atoms with Gasteiger partial charge in [-0.3, -0.25) is 52.7 Å². The van der Waals surface area contributed by atoms with E-state index in [1.807, 2.05) is 0 Å². The number of nitrogens with one attached hydrogen (secondary N) is 9. The molecule has 0 unspecified atom stereocenters. The van der Waals surface area contributed by atoms with Crippen molar-refractivity contribution in [1.29, 1.82) is 0 Å². The Morgan fingerprint density at radius 3 is 1.79 bits per heavy atom. The second kappa shape index (κ2) is 31.6. The lowest BCUT2D eigenvalue weighted by atomic mass is 10.0. The van der Waals surface area contributed by atoms with Crippen LogP contribution in [0.2, 0.25) is 0 Å². The molecule has 2 heterocycles. The Balaban J connectivity index is 1.47. The Bertz CT molecular complexity index is 2800. The molecule has 0 saturated carbocycles. The number of phenols is 1. The van der Waals surface area contributed by atoms with Crippen LogP contribution in [0.4, 0.5) is 0 Å². The molecule has 31 heteroatoms. The number of aromatic hydroxyl groups is 1. The van der Waals surface area contributed by atoms with Crippen LogP contribution in [0.3, 0.4) is 0 Å². The van der Waals surface area contributed by atoms with Gasteiger partial charge >= 0.3 is 5.97 Å². The number of rotatable bonds is 32. The molecule has 1 aromatic heterocycles. The normalized spacial score (nSPS) is 16.7. The quantitative estimate of drug-likeness (QED) is 0.0259. The molecule has 0 bridgehead atoms. The van der Waals surface area contributed by atoms with Crippen LogP contribution in [0, 0.1) is 0 Å². The van der Waals surface area contributed by atoms with Crippen LogP contribution in [-0.4, -0.2) is 198 Å². The molecule has 30 nitrogen and oxygen atoms in total.